The molecule has 0 aromatic heterocycles. The van der Waals surface area contributed by atoms with Gasteiger partial charge in [-0.25, -0.2) is 4.79 Å². The molecule has 2 aromatic carbocycles. The maximum atomic E-state index is 14.1. The Balaban J connectivity index is 2.45. The summed E-state index contributed by atoms with van der Waals surface area (Å²) in [4.78, 5) is 14.1. The van der Waals surface area contributed by atoms with E-state index in [4.69, 9.17) is 28.4 Å². The van der Waals surface area contributed by atoms with Crippen molar-refractivity contribution in [1.29, 1.82) is 0 Å². The monoisotopic (exact) mass is 981 g/mol. The molecule has 0 aliphatic carbocycles. The second-order valence-electron chi connectivity index (χ2n) is 19.9. The van der Waals surface area contributed by atoms with Gasteiger partial charge in [-0.2, -0.15) is 0 Å². The number of carbonyl (C=O) groups excluding carboxylic acids is 1. The van der Waals surface area contributed by atoms with Crippen molar-refractivity contribution in [3.8, 4) is 34.5 Å². The zero-order chi connectivity index (χ0) is 50.4. The van der Waals surface area contributed by atoms with Crippen LogP contribution in [0.3, 0.4) is 0 Å². The lowest BCUT2D eigenvalue weighted by molar-refractivity contribution is 0.234. The molecule has 404 valence electrons. The van der Waals surface area contributed by atoms with E-state index in [-0.39, 0.29) is 6.03 Å². The summed E-state index contributed by atoms with van der Waals surface area (Å²) in [6.45, 7) is 17.0. The molecule has 2 amide bonds. The second kappa shape index (κ2) is 45.4. The van der Waals surface area contributed by atoms with Crippen LogP contribution in [0.25, 0.3) is 0 Å². The van der Waals surface area contributed by atoms with Crippen LogP contribution < -0.4 is 39.1 Å². The molecule has 0 spiro atoms. The average Bonchev–Trinajstić information content (AvgIpc) is 3.35. The average molecular weight is 982 g/mol. The van der Waals surface area contributed by atoms with Crippen LogP contribution in [0.1, 0.15) is 273 Å². The van der Waals surface area contributed by atoms with Crippen LogP contribution in [0, 0.1) is 0 Å². The highest BCUT2D eigenvalue weighted by Crippen LogP contribution is 2.43. The number of ether oxygens (including phenoxy) is 6. The fourth-order valence-corrected chi connectivity index (χ4v) is 8.68. The van der Waals surface area contributed by atoms with Crippen molar-refractivity contribution in [3.63, 3.8) is 0 Å². The minimum absolute atomic E-state index is 0.381. The molecule has 0 unspecified atom stereocenters. The van der Waals surface area contributed by atoms with Crippen LogP contribution in [-0.4, -0.2) is 45.7 Å². The summed E-state index contributed by atoms with van der Waals surface area (Å²) in [6, 6.07) is 7.21. The minimum Gasteiger partial charge on any atom is -0.489 e. The van der Waals surface area contributed by atoms with E-state index in [2.05, 4.69) is 52.2 Å². The molecule has 0 aliphatic heterocycles. The van der Waals surface area contributed by atoms with Crippen molar-refractivity contribution in [2.75, 3.05) is 50.3 Å². The van der Waals surface area contributed by atoms with Crippen molar-refractivity contribution in [3.05, 3.63) is 24.3 Å². The predicted octanol–water partition coefficient (Wildman–Crippen LogP) is 19.8. The van der Waals surface area contributed by atoms with Crippen LogP contribution in [-0.2, 0) is 0 Å². The standard InChI is InChI=1S/C61H108N2O7/c1-7-13-19-25-31-37-43-65-55-49-53(50-56(66-44-38-32-26-20-14-8-2)59(55)69-47-41-35-29-23-17-11-5)62-61(64)63-54-51-57(67-45-39-33-27-21-15-9-3)60(70-48-42-36-30-24-18-12-6)58(52-54)68-46-40-34-28-22-16-10-4/h49-52H,7-48H2,1-6H3,(H2,62,63,64). The molecular weight excluding hydrogens is 873 g/mol. The first-order valence-electron chi connectivity index (χ1n) is 29.7. The second-order valence-corrected chi connectivity index (χ2v) is 19.9. The van der Waals surface area contributed by atoms with Gasteiger partial charge in [0.05, 0.1) is 51.0 Å². The van der Waals surface area contributed by atoms with Gasteiger partial charge in [-0.1, -0.05) is 234 Å². The number of amides is 2. The molecule has 0 bridgehead atoms. The highest BCUT2D eigenvalue weighted by atomic mass is 16.5. The van der Waals surface area contributed by atoms with E-state index in [0.717, 1.165) is 77.0 Å². The van der Waals surface area contributed by atoms with Crippen LogP contribution in [0.5, 0.6) is 34.5 Å². The summed E-state index contributed by atoms with van der Waals surface area (Å²) in [6.07, 6.45) is 42.3. The molecule has 2 aromatic rings. The number of unbranched alkanes of at least 4 members (excludes halogenated alkanes) is 30. The van der Waals surface area contributed by atoms with Gasteiger partial charge in [0.2, 0.25) is 11.5 Å². The minimum atomic E-state index is -0.381. The number of urea groups is 1. The number of hydrogen-bond donors (Lipinski definition) is 2. The quantitative estimate of drug-likeness (QED) is 0.0638. The summed E-state index contributed by atoms with van der Waals surface area (Å²) < 4.78 is 39.3. The Kier molecular flexibility index (Phi) is 40.6. The topological polar surface area (TPSA) is 96.5 Å². The van der Waals surface area contributed by atoms with Gasteiger partial charge in [-0.3, -0.25) is 0 Å². The van der Waals surface area contributed by atoms with E-state index in [1.807, 2.05) is 24.3 Å². The number of carbonyl (C=O) groups is 1. The van der Waals surface area contributed by atoms with Gasteiger partial charge in [-0.15, -0.1) is 0 Å². The fraction of sp³-hybridized carbons (Fsp3) is 0.787. The Bertz CT molecular complexity index is 1330. The molecule has 0 radical (unpaired) electrons. The zero-order valence-electron chi connectivity index (χ0n) is 46.4. The van der Waals surface area contributed by atoms with E-state index >= 15 is 0 Å². The van der Waals surface area contributed by atoms with E-state index in [1.165, 1.54) is 154 Å². The summed E-state index contributed by atoms with van der Waals surface area (Å²) in [7, 11) is 0. The van der Waals surface area contributed by atoms with Gasteiger partial charge in [0.15, 0.2) is 23.0 Å². The number of rotatable bonds is 50. The number of benzene rings is 2. The first-order valence-corrected chi connectivity index (χ1v) is 29.7. The van der Waals surface area contributed by atoms with Gasteiger partial charge >= 0.3 is 6.03 Å². The Morgan fingerprint density at radius 2 is 0.471 bits per heavy atom. The third-order valence-corrected chi connectivity index (χ3v) is 13.1. The van der Waals surface area contributed by atoms with Gasteiger partial charge in [0, 0.05) is 24.3 Å². The summed E-state index contributed by atoms with van der Waals surface area (Å²) in [5.41, 5.74) is 1.16. The molecule has 70 heavy (non-hydrogen) atoms. The molecule has 2 rings (SSSR count). The van der Waals surface area contributed by atoms with Crippen molar-refractivity contribution >= 4 is 17.4 Å². The lowest BCUT2D eigenvalue weighted by Gasteiger charge is -2.20. The first kappa shape index (κ1) is 62.6. The normalized spacial score (nSPS) is 11.2. The highest BCUT2D eigenvalue weighted by Gasteiger charge is 2.20. The Labute approximate surface area is 430 Å². The number of anilines is 2. The van der Waals surface area contributed by atoms with Crippen LogP contribution in [0.2, 0.25) is 0 Å². The van der Waals surface area contributed by atoms with Gasteiger partial charge < -0.3 is 39.1 Å². The molecular formula is C61H108N2O7. The third-order valence-electron chi connectivity index (χ3n) is 13.1. The largest absolute Gasteiger partial charge is 0.489 e. The molecule has 0 aliphatic rings. The highest BCUT2D eigenvalue weighted by molar-refractivity contribution is 6.00. The molecule has 0 saturated carbocycles. The first-order chi connectivity index (χ1) is 34.5. The lowest BCUT2D eigenvalue weighted by Crippen LogP contribution is -2.20. The maximum Gasteiger partial charge on any atom is 0.323 e. The molecule has 0 fully saturated rings. The van der Waals surface area contributed by atoms with E-state index in [9.17, 15) is 4.79 Å². The fourth-order valence-electron chi connectivity index (χ4n) is 8.68. The number of hydrogen-bond acceptors (Lipinski definition) is 7. The molecule has 0 saturated heterocycles. The van der Waals surface area contributed by atoms with E-state index < -0.39 is 0 Å². The summed E-state index contributed by atoms with van der Waals surface area (Å²) >= 11 is 0. The van der Waals surface area contributed by atoms with Crippen LogP contribution in [0.4, 0.5) is 16.2 Å². The molecule has 0 atom stereocenters. The smallest absolute Gasteiger partial charge is 0.323 e. The molecule has 9 nitrogen and oxygen atoms in total. The SMILES string of the molecule is CCCCCCCCOc1cc(NC(=O)Nc2cc(OCCCCCCCC)c(OCCCCCCCC)c(OCCCCCCCC)c2)cc(OCCCCCCCC)c1OCCCCCCCC. The number of nitrogens with one attached hydrogen (secondary N) is 2. The van der Waals surface area contributed by atoms with Crippen molar-refractivity contribution in [2.24, 2.45) is 0 Å². The lowest BCUT2D eigenvalue weighted by atomic mass is 10.1. The Morgan fingerprint density at radius 3 is 0.686 bits per heavy atom. The van der Waals surface area contributed by atoms with Crippen molar-refractivity contribution < 1.29 is 33.2 Å². The van der Waals surface area contributed by atoms with Gasteiger partial charge in [0.25, 0.3) is 0 Å². The van der Waals surface area contributed by atoms with Gasteiger partial charge in [-0.05, 0) is 38.5 Å². The molecule has 2 N–H and O–H groups in total. The Hall–Kier alpha value is -3.49. The molecule has 9 heteroatoms. The summed E-state index contributed by atoms with van der Waals surface area (Å²) in [5.74, 6) is 3.70. The maximum absolute atomic E-state index is 14.1. The predicted molar refractivity (Wildman–Crippen MR) is 299 cm³/mol. The summed E-state index contributed by atoms with van der Waals surface area (Å²) in [5, 5.41) is 6.27. The van der Waals surface area contributed by atoms with E-state index in [0.29, 0.717) is 85.5 Å². The van der Waals surface area contributed by atoms with Gasteiger partial charge in [0.1, 0.15) is 0 Å². The van der Waals surface area contributed by atoms with E-state index in [1.54, 1.807) is 0 Å². The van der Waals surface area contributed by atoms with Crippen molar-refractivity contribution in [1.82, 2.24) is 0 Å². The molecule has 0 heterocycles. The third kappa shape index (κ3) is 31.8. The van der Waals surface area contributed by atoms with Crippen LogP contribution >= 0.6 is 0 Å². The zero-order valence-corrected chi connectivity index (χ0v) is 46.4. The Morgan fingerprint density at radius 1 is 0.286 bits per heavy atom. The van der Waals surface area contributed by atoms with Crippen molar-refractivity contribution in [2.45, 2.75) is 273 Å². The van der Waals surface area contributed by atoms with Crippen LogP contribution in [0.15, 0.2) is 24.3 Å².